The second-order valence-electron chi connectivity index (χ2n) is 30.0. The first-order valence-corrected chi connectivity index (χ1v) is 54.6. The van der Waals surface area contributed by atoms with Crippen LogP contribution < -0.4 is 91.8 Å². The summed E-state index contributed by atoms with van der Waals surface area (Å²) in [6, 6.07) is 51.1. The van der Waals surface area contributed by atoms with Gasteiger partial charge in [-0.3, -0.25) is 39.9 Å². The number of amides is 1. The molecule has 53 heteroatoms. The highest BCUT2D eigenvalue weighted by molar-refractivity contribution is 7.71. The largest absolute Gasteiger partial charge is 0.508 e. The molecule has 1 amide bonds. The molecule has 0 aliphatic heterocycles. The summed E-state index contributed by atoms with van der Waals surface area (Å²) >= 11 is 50.8. The van der Waals surface area contributed by atoms with Crippen LogP contribution in [0.1, 0.15) is 0 Å². The fraction of sp³-hybridized carbons (Fsp3) is 0.130. The van der Waals surface area contributed by atoms with Crippen molar-refractivity contribution < 1.29 is 85.6 Å². The summed E-state index contributed by atoms with van der Waals surface area (Å²) in [5.41, 5.74) is 14.5. The van der Waals surface area contributed by atoms with Gasteiger partial charge < -0.3 is 94.0 Å². The Balaban J connectivity index is 0.000000236. The van der Waals surface area contributed by atoms with E-state index < -0.39 is 48.6 Å². The van der Waals surface area contributed by atoms with Crippen LogP contribution in [0.5, 0.6) is 75.3 Å². The zero-order chi connectivity index (χ0) is 107. The molecule has 0 unspecified atom stereocenters. The minimum absolute atomic E-state index is 0.0249. The maximum Gasteiger partial charge on any atom is 0.273 e. The summed E-state index contributed by atoms with van der Waals surface area (Å²) in [4.78, 5) is 90.8. The zero-order valence-electron chi connectivity index (χ0n) is 78.2. The lowest BCUT2D eigenvalue weighted by Gasteiger charge is -2.14. The van der Waals surface area contributed by atoms with Crippen LogP contribution >= 0.6 is 133 Å². The number of nitrogen functional groups attached to an aromatic ring is 2. The smallest absolute Gasteiger partial charge is 0.273 e. The van der Waals surface area contributed by atoms with Gasteiger partial charge >= 0.3 is 0 Å². The van der Waals surface area contributed by atoms with Crippen molar-refractivity contribution in [1.29, 1.82) is 0 Å². The lowest BCUT2D eigenvalue weighted by atomic mass is 10.3. The van der Waals surface area contributed by atoms with E-state index in [1.165, 1.54) is 113 Å². The fourth-order valence-electron chi connectivity index (χ4n) is 10.7. The van der Waals surface area contributed by atoms with Gasteiger partial charge in [-0.25, -0.2) is 29.9 Å². The Labute approximate surface area is 874 Å². The van der Waals surface area contributed by atoms with Crippen LogP contribution in [0.25, 0.3) is 0 Å². The van der Waals surface area contributed by atoms with E-state index in [4.69, 9.17) is 159 Å². The Morgan fingerprint density at radius 1 is 0.386 bits per heavy atom. The quantitative estimate of drug-likeness (QED) is 0.00350. The molecular formula is C92H88Cl9N19O21P4. The molecule has 5 aromatic heterocycles. The van der Waals surface area contributed by atoms with E-state index in [1.807, 2.05) is 0 Å². The lowest BCUT2D eigenvalue weighted by molar-refractivity contribution is -0.385. The van der Waals surface area contributed by atoms with Gasteiger partial charge in [-0.1, -0.05) is 113 Å². The average Bonchev–Trinajstić information content (AvgIpc) is 0.813. The summed E-state index contributed by atoms with van der Waals surface area (Å²) in [6.45, 7) is 20.1. The number of phenolic OH excluding ortho intramolecular Hbond substituents is 1. The van der Waals surface area contributed by atoms with E-state index in [-0.39, 0.29) is 117 Å². The van der Waals surface area contributed by atoms with Gasteiger partial charge in [0, 0.05) is 62.9 Å². The summed E-state index contributed by atoms with van der Waals surface area (Å²) < 4.78 is 92.3. The number of carbonyl (C=O) groups excluding carboxylic acids is 2. The van der Waals surface area contributed by atoms with E-state index >= 15 is 0 Å². The van der Waals surface area contributed by atoms with E-state index in [9.17, 15) is 58.2 Å². The molecule has 14 aromatic rings. The van der Waals surface area contributed by atoms with Crippen molar-refractivity contribution in [3.05, 3.63) is 322 Å². The Morgan fingerprint density at radius 2 is 0.697 bits per heavy atom. The monoisotopic (exact) mass is 2230 g/mol. The standard InChI is InChI=1S/C22H22ClN4O4P.C19H18ClN4O5P.C19H20ClN4O3P.C10H5Cl2N3O3.C9H14NO2P.C6H5NO3.C4HCl3N2.C3H3ClO/c1-5-20(28)25-14-7-6-8-15(11-14)31-21-17(23)13-24-22(27-21)26-18-10-9-16(32(3,4)29)12-19(18)30-2;1-28-17-10-14(30(2,3)27)7-8-16(17)22-19-21-11-15(20)18(23-19)29-13-6-4-5-12(9-13)24(25)26;1-26-17-10-14(28(2,3)25)7-8-16(17)23-19-22-11-15(20)18(24-19)27-13-6-4-5-12(21)9-13;11-8-5-13-10(12)14-9(8)18-7-3-1-2-6(4-7)15(16)17;1-12-9-6-7(13(2,3)11)4-5-8(9)10;8-6-3-1-2-5(4-6)7(9)10;5-2-1-8-4(7)9-3(2)6;1-2-3(4)5/h5-13H,1H2,2-4H3,(H,25,28)(H,24,26,27);4-11H,1-3H3,(H,21,22,23);4-11H,21H2,1-3H3,(H,22,23,24);1-5H;4-6H,10H2,1-3H3;1-4,8H;1H;2H,1H2. The molecule has 0 atom stereocenters. The van der Waals surface area contributed by atoms with Gasteiger partial charge in [0.2, 0.25) is 63.1 Å². The van der Waals surface area contributed by atoms with Gasteiger partial charge in [0.15, 0.2) is 5.15 Å². The number of nitro benzene ring substituents is 3. The highest BCUT2D eigenvalue weighted by atomic mass is 35.5. The van der Waals surface area contributed by atoms with Gasteiger partial charge in [-0.05, 0) is 216 Å². The van der Waals surface area contributed by atoms with Gasteiger partial charge in [0.25, 0.3) is 17.1 Å². The van der Waals surface area contributed by atoms with Gasteiger partial charge in [0.1, 0.15) is 100 Å². The van der Waals surface area contributed by atoms with E-state index in [0.29, 0.717) is 84.3 Å². The predicted octanol–water partition coefficient (Wildman–Crippen LogP) is 24.1. The molecule has 5 heterocycles. The number of nitrogens with one attached hydrogen (secondary N) is 4. The first-order chi connectivity index (χ1) is 68.3. The second kappa shape index (κ2) is 55.7. The number of nitro groups is 3. The molecule has 760 valence electrons. The van der Waals surface area contributed by atoms with Gasteiger partial charge in [-0.15, -0.1) is 0 Å². The van der Waals surface area contributed by atoms with E-state index in [2.05, 4.69) is 84.3 Å². The summed E-state index contributed by atoms with van der Waals surface area (Å²) in [7, 11) is -3.39. The summed E-state index contributed by atoms with van der Waals surface area (Å²) in [6.07, 6.45) is 9.03. The third kappa shape index (κ3) is 39.2. The number of hydrogen-bond acceptors (Lipinski definition) is 36. The normalized spacial score (nSPS) is 10.6. The number of nitrogens with zero attached hydrogens (tertiary/aromatic N) is 13. The average molecular weight is 2240 g/mol. The van der Waals surface area contributed by atoms with Crippen LogP contribution in [-0.2, 0) is 27.8 Å². The number of methoxy groups -OCH3 is 4. The number of halogens is 9. The third-order valence-corrected chi connectivity index (χ3v) is 26.1. The van der Waals surface area contributed by atoms with Crippen molar-refractivity contribution in [3.8, 4) is 75.3 Å². The van der Waals surface area contributed by atoms with Crippen LogP contribution in [0.3, 0.4) is 0 Å². The van der Waals surface area contributed by atoms with Crippen LogP contribution in [-0.4, -0.2) is 163 Å². The van der Waals surface area contributed by atoms with Crippen molar-refractivity contribution in [2.45, 2.75) is 0 Å². The summed E-state index contributed by atoms with van der Waals surface area (Å²) in [5, 5.41) is 55.8. The molecule has 0 spiro atoms. The number of ether oxygens (including phenoxy) is 8. The third-order valence-electron chi connectivity index (χ3n) is 17.8. The number of hydrogen-bond donors (Lipinski definition) is 7. The van der Waals surface area contributed by atoms with Crippen molar-refractivity contribution in [1.82, 2.24) is 49.8 Å². The maximum absolute atomic E-state index is 12.4. The zero-order valence-corrected chi connectivity index (χ0v) is 88.6. The van der Waals surface area contributed by atoms with E-state index in [0.717, 1.165) is 22.8 Å². The molecule has 14 rings (SSSR count). The highest BCUT2D eigenvalue weighted by Gasteiger charge is 2.23. The van der Waals surface area contributed by atoms with Crippen molar-refractivity contribution >= 4 is 234 Å². The molecule has 9 N–H and O–H groups in total. The number of rotatable bonds is 28. The summed E-state index contributed by atoms with van der Waals surface area (Å²) in [5.74, 6) is 4.06. The Kier molecular flexibility index (Phi) is 45.3. The number of non-ortho nitro benzene ring substituents is 3. The molecule has 0 aliphatic rings. The minimum atomic E-state index is -2.45. The molecule has 0 saturated carbocycles. The predicted molar refractivity (Wildman–Crippen MR) is 571 cm³/mol. The number of aromatic nitrogens is 10. The SMILES string of the molecule is C=CC(=O)Cl.C=CC(=O)Nc1cccc(Oc2nc(Nc3ccc(P(C)(C)=O)cc3OC)ncc2Cl)c1.COc1cc(P(C)(C)=O)ccc1N.COc1cc(P(C)(C)=O)ccc1Nc1ncc(Cl)c(Oc2cccc(N)c2)n1.COc1cc(P(C)(C)=O)ccc1Nc1ncc(Cl)c(Oc2cccc([N+](=O)[O-])c2)n1.Clc1ncc(Cl)c(Cl)n1.O=[N+]([O-])c1cccc(O)c1.O=[N+]([O-])c1cccc(Oc2nc(Cl)ncc2Cl)c1. The molecule has 0 aliphatic carbocycles. The second-order valence-corrected chi connectivity index (χ2v) is 46.3. The fourth-order valence-corrected chi connectivity index (χ4v) is 15.2. The number of anilines is 9. The van der Waals surface area contributed by atoms with Gasteiger partial charge in [-0.2, -0.15) is 19.9 Å². The first-order valence-electron chi connectivity index (χ1n) is 40.8. The first kappa shape index (κ1) is 118. The molecule has 9 aromatic carbocycles. The number of allylic oxidation sites excluding steroid dienone is 1. The van der Waals surface area contributed by atoms with Crippen molar-refractivity contribution in [2.24, 2.45) is 0 Å². The van der Waals surface area contributed by atoms with Crippen molar-refractivity contribution in [3.63, 3.8) is 0 Å². The molecule has 145 heavy (non-hydrogen) atoms. The Hall–Kier alpha value is -14.1. The Morgan fingerprint density at radius 3 is 1.02 bits per heavy atom. The van der Waals surface area contributed by atoms with Crippen LogP contribution in [0.15, 0.2) is 250 Å². The lowest BCUT2D eigenvalue weighted by Crippen LogP contribution is -2.07. The molecule has 0 bridgehead atoms. The topological polar surface area (TPSA) is 555 Å². The van der Waals surface area contributed by atoms with Crippen LogP contribution in [0.2, 0.25) is 40.8 Å². The number of carbonyl (C=O) groups is 2. The van der Waals surface area contributed by atoms with Crippen molar-refractivity contribution in [2.75, 3.05) is 114 Å². The Bertz CT molecular complexity index is 7230. The maximum atomic E-state index is 12.4. The minimum Gasteiger partial charge on any atom is -0.508 e. The number of phenols is 1. The molecule has 0 saturated heterocycles. The van der Waals surface area contributed by atoms with Crippen LogP contribution in [0, 0.1) is 30.3 Å². The van der Waals surface area contributed by atoms with Crippen LogP contribution in [0.4, 0.5) is 69.0 Å². The molecule has 0 fully saturated rings. The molecular weight excluding hydrogens is 2150 g/mol. The number of benzene rings is 9. The molecule has 40 nitrogen and oxygen atoms in total. The number of nitrogens with two attached hydrogens (primary N) is 2. The van der Waals surface area contributed by atoms with E-state index in [1.54, 1.807) is 194 Å². The number of aromatic hydroxyl groups is 1. The molecule has 0 radical (unpaired) electrons. The van der Waals surface area contributed by atoms with Gasteiger partial charge in [0.05, 0.1) is 120 Å². The highest BCUT2D eigenvalue weighted by Crippen LogP contribution is 2.44.